The van der Waals surface area contributed by atoms with Gasteiger partial charge < -0.3 is 10.2 Å². The summed E-state index contributed by atoms with van der Waals surface area (Å²) in [4.78, 5) is 29.0. The van der Waals surface area contributed by atoms with Crippen LogP contribution in [0.5, 0.6) is 0 Å². The van der Waals surface area contributed by atoms with E-state index in [1.54, 1.807) is 41.3 Å². The summed E-state index contributed by atoms with van der Waals surface area (Å²) < 4.78 is 0. The molecule has 0 fully saturated rings. The number of carbonyl (C=O) groups excluding carboxylic acids is 2. The van der Waals surface area contributed by atoms with Crippen molar-refractivity contribution >= 4 is 58.2 Å². The van der Waals surface area contributed by atoms with E-state index in [4.69, 9.17) is 46.4 Å². The molecule has 0 unspecified atom stereocenters. The molecule has 0 aliphatic rings. The highest BCUT2D eigenvalue weighted by Gasteiger charge is 2.32. The molecule has 0 radical (unpaired) electrons. The predicted molar refractivity (Wildman–Crippen MR) is 149 cm³/mol. The van der Waals surface area contributed by atoms with Crippen molar-refractivity contribution in [3.63, 3.8) is 0 Å². The lowest BCUT2D eigenvalue weighted by molar-refractivity contribution is -0.141. The summed E-state index contributed by atoms with van der Waals surface area (Å²) in [6.07, 6.45) is 1.03. The number of benzene rings is 3. The summed E-state index contributed by atoms with van der Waals surface area (Å²) in [6.45, 7) is 4.04. The third-order valence-electron chi connectivity index (χ3n) is 6.02. The molecule has 0 spiro atoms. The molecular weight excluding hydrogens is 538 g/mol. The molecule has 3 rings (SSSR count). The average molecular weight is 566 g/mol. The predicted octanol–water partition coefficient (Wildman–Crippen LogP) is 7.40. The molecule has 0 saturated heterocycles. The van der Waals surface area contributed by atoms with E-state index in [9.17, 15) is 9.59 Å². The maximum atomic E-state index is 13.9. The number of halogens is 4. The minimum atomic E-state index is -0.790. The Hall–Kier alpha value is -2.24. The largest absolute Gasteiger partial charge is 0.352 e. The van der Waals surface area contributed by atoms with E-state index in [0.717, 1.165) is 12.0 Å². The number of amides is 2. The van der Waals surface area contributed by atoms with Gasteiger partial charge in [0.25, 0.3) is 0 Å². The van der Waals surface area contributed by atoms with Gasteiger partial charge in [0.15, 0.2) is 0 Å². The standard InChI is InChI=1S/C28H28Cl4N2O2/c1-3-18(2)33-28(36)26(14-19-8-5-4-6-9-19)34(17-20-12-13-21(29)15-25(20)32)27(35)16-22-23(30)10-7-11-24(22)31/h4-13,15,18,26H,3,14,16-17H2,1-2H3,(H,33,36)/t18-,26-/m0/s1. The maximum Gasteiger partial charge on any atom is 0.243 e. The van der Waals surface area contributed by atoms with Gasteiger partial charge >= 0.3 is 0 Å². The molecule has 2 amide bonds. The minimum absolute atomic E-state index is 0.0511. The van der Waals surface area contributed by atoms with Crippen molar-refractivity contribution in [3.8, 4) is 0 Å². The first kappa shape index (κ1) is 28.3. The Morgan fingerprint density at radius 1 is 0.889 bits per heavy atom. The van der Waals surface area contributed by atoms with E-state index >= 15 is 0 Å². The Balaban J connectivity index is 2.04. The molecule has 0 saturated carbocycles. The summed E-state index contributed by atoms with van der Waals surface area (Å²) in [5.74, 6) is -0.534. The number of nitrogens with zero attached hydrogens (tertiary/aromatic N) is 1. The zero-order valence-electron chi connectivity index (χ0n) is 20.1. The van der Waals surface area contributed by atoms with E-state index in [2.05, 4.69) is 5.32 Å². The molecule has 4 nitrogen and oxygen atoms in total. The quantitative estimate of drug-likeness (QED) is 0.278. The van der Waals surface area contributed by atoms with Crippen molar-refractivity contribution in [2.45, 2.75) is 51.7 Å². The van der Waals surface area contributed by atoms with Gasteiger partial charge in [-0.3, -0.25) is 9.59 Å². The topological polar surface area (TPSA) is 49.4 Å². The molecule has 3 aromatic carbocycles. The van der Waals surface area contributed by atoms with Gasteiger partial charge in [-0.15, -0.1) is 0 Å². The van der Waals surface area contributed by atoms with Crippen LogP contribution in [0.1, 0.15) is 37.0 Å². The van der Waals surface area contributed by atoms with Gasteiger partial charge in [-0.2, -0.15) is 0 Å². The maximum absolute atomic E-state index is 13.9. The monoisotopic (exact) mass is 564 g/mol. The Labute approximate surface area is 232 Å². The number of hydrogen-bond donors (Lipinski definition) is 1. The lowest BCUT2D eigenvalue weighted by atomic mass is 10.0. The van der Waals surface area contributed by atoms with E-state index in [0.29, 0.717) is 37.6 Å². The SMILES string of the molecule is CC[C@H](C)NC(=O)[C@H](Cc1ccccc1)N(Cc1ccc(Cl)cc1Cl)C(=O)Cc1c(Cl)cccc1Cl. The average Bonchev–Trinajstić information content (AvgIpc) is 2.85. The molecule has 0 aromatic heterocycles. The smallest absolute Gasteiger partial charge is 0.243 e. The Kier molecular flexibility index (Phi) is 10.5. The zero-order chi connectivity index (χ0) is 26.2. The highest BCUT2D eigenvalue weighted by molar-refractivity contribution is 6.36. The van der Waals surface area contributed by atoms with Crippen molar-refractivity contribution in [3.05, 3.63) is 104 Å². The van der Waals surface area contributed by atoms with Gasteiger partial charge in [-0.1, -0.05) is 95.8 Å². The van der Waals surface area contributed by atoms with E-state index in [1.165, 1.54) is 0 Å². The highest BCUT2D eigenvalue weighted by atomic mass is 35.5. The minimum Gasteiger partial charge on any atom is -0.352 e. The lowest BCUT2D eigenvalue weighted by Gasteiger charge is -2.33. The van der Waals surface area contributed by atoms with Crippen molar-refractivity contribution in [2.24, 2.45) is 0 Å². The van der Waals surface area contributed by atoms with Crippen LogP contribution in [0.4, 0.5) is 0 Å². The third kappa shape index (κ3) is 7.63. The van der Waals surface area contributed by atoms with E-state index in [-0.39, 0.29) is 30.8 Å². The summed E-state index contributed by atoms with van der Waals surface area (Å²) >= 11 is 25.3. The Bertz CT molecular complexity index is 1180. The second kappa shape index (κ2) is 13.3. The van der Waals surface area contributed by atoms with Crippen molar-refractivity contribution < 1.29 is 9.59 Å². The molecule has 0 aliphatic heterocycles. The van der Waals surface area contributed by atoms with Gasteiger partial charge in [0.1, 0.15) is 6.04 Å². The second-order valence-corrected chi connectivity index (χ2v) is 10.3. The third-order valence-corrected chi connectivity index (χ3v) is 7.31. The van der Waals surface area contributed by atoms with Gasteiger partial charge in [0.2, 0.25) is 11.8 Å². The lowest BCUT2D eigenvalue weighted by Crippen LogP contribution is -2.52. The molecule has 8 heteroatoms. The Morgan fingerprint density at radius 3 is 2.17 bits per heavy atom. The van der Waals surface area contributed by atoms with Gasteiger partial charge in [0, 0.05) is 39.1 Å². The fraction of sp³-hybridized carbons (Fsp3) is 0.286. The fourth-order valence-electron chi connectivity index (χ4n) is 3.78. The molecule has 0 aliphatic carbocycles. The first-order chi connectivity index (χ1) is 17.2. The van der Waals surface area contributed by atoms with Crippen LogP contribution in [-0.4, -0.2) is 28.8 Å². The van der Waals surface area contributed by atoms with Crippen LogP contribution in [0, 0.1) is 0 Å². The summed E-state index contributed by atoms with van der Waals surface area (Å²) in [6, 6.07) is 19.0. The van der Waals surface area contributed by atoms with Crippen LogP contribution < -0.4 is 5.32 Å². The molecule has 190 valence electrons. The molecule has 0 bridgehead atoms. The van der Waals surface area contributed by atoms with Crippen molar-refractivity contribution in [1.29, 1.82) is 0 Å². The first-order valence-electron chi connectivity index (χ1n) is 11.7. The second-order valence-electron chi connectivity index (χ2n) is 8.66. The van der Waals surface area contributed by atoms with Gasteiger partial charge in [-0.05, 0) is 54.3 Å². The van der Waals surface area contributed by atoms with Gasteiger partial charge in [-0.25, -0.2) is 0 Å². The van der Waals surface area contributed by atoms with Crippen LogP contribution in [0.3, 0.4) is 0 Å². The highest BCUT2D eigenvalue weighted by Crippen LogP contribution is 2.28. The molecule has 2 atom stereocenters. The molecule has 36 heavy (non-hydrogen) atoms. The summed E-state index contributed by atoms with van der Waals surface area (Å²) in [7, 11) is 0. The fourth-order valence-corrected chi connectivity index (χ4v) is 4.78. The molecule has 0 heterocycles. The number of hydrogen-bond acceptors (Lipinski definition) is 2. The van der Waals surface area contributed by atoms with Crippen molar-refractivity contribution in [2.75, 3.05) is 0 Å². The van der Waals surface area contributed by atoms with E-state index < -0.39 is 6.04 Å². The number of nitrogens with one attached hydrogen (secondary N) is 1. The summed E-state index contributed by atoms with van der Waals surface area (Å²) in [5.41, 5.74) is 2.12. The molecule has 3 aromatic rings. The normalized spacial score (nSPS) is 12.6. The van der Waals surface area contributed by atoms with Crippen molar-refractivity contribution in [1.82, 2.24) is 10.2 Å². The number of rotatable bonds is 10. The van der Waals surface area contributed by atoms with Gasteiger partial charge in [0.05, 0.1) is 6.42 Å². The van der Waals surface area contributed by atoms with Crippen LogP contribution in [0.2, 0.25) is 20.1 Å². The summed E-state index contributed by atoms with van der Waals surface area (Å²) in [5, 5.41) is 4.73. The zero-order valence-corrected chi connectivity index (χ0v) is 23.1. The van der Waals surface area contributed by atoms with Crippen LogP contribution in [0.15, 0.2) is 66.7 Å². The molecule has 1 N–H and O–H groups in total. The first-order valence-corrected chi connectivity index (χ1v) is 13.2. The van der Waals surface area contributed by atoms with Crippen LogP contribution in [-0.2, 0) is 29.0 Å². The molecular formula is C28H28Cl4N2O2. The number of carbonyl (C=O) groups is 2. The Morgan fingerprint density at radius 2 is 1.56 bits per heavy atom. The van der Waals surface area contributed by atoms with E-state index in [1.807, 2.05) is 44.2 Å². The van der Waals surface area contributed by atoms with Crippen LogP contribution in [0.25, 0.3) is 0 Å². The van der Waals surface area contributed by atoms with Crippen LogP contribution >= 0.6 is 46.4 Å².